The number of carboxylic acids is 1. The van der Waals surface area contributed by atoms with Gasteiger partial charge in [0, 0.05) is 32.1 Å². The van der Waals surface area contributed by atoms with Crippen LogP contribution >= 0.6 is 0 Å². The maximum absolute atomic E-state index is 12.1. The first-order valence-corrected chi connectivity index (χ1v) is 6.65. The second kappa shape index (κ2) is 5.85. The Morgan fingerprint density at radius 3 is 2.47 bits per heavy atom. The number of β-amino-alcohol motifs (C(OH)–C–C–N with tert-alkyl or cyclic N) is 1. The molecule has 108 valence electrons. The van der Waals surface area contributed by atoms with Gasteiger partial charge in [0.05, 0.1) is 12.6 Å². The number of aliphatic carboxylic acids is 1. The van der Waals surface area contributed by atoms with Crippen LogP contribution in [-0.2, 0) is 9.59 Å². The molecular weight excluding hydrogens is 250 g/mol. The molecule has 4 N–H and O–H groups in total. The molecule has 2 rings (SSSR count). The van der Waals surface area contributed by atoms with E-state index < -0.39 is 18.1 Å². The number of nitrogens with zero attached hydrogens (tertiary/aromatic N) is 2. The fraction of sp³-hybridized carbons (Fsp3) is 0.833. The zero-order valence-electron chi connectivity index (χ0n) is 10.9. The van der Waals surface area contributed by atoms with Gasteiger partial charge < -0.3 is 20.8 Å². The zero-order valence-corrected chi connectivity index (χ0v) is 10.9. The average Bonchev–Trinajstić information content (AvgIpc) is 2.74. The topological polar surface area (TPSA) is 107 Å². The van der Waals surface area contributed by atoms with Gasteiger partial charge >= 0.3 is 5.97 Å². The minimum atomic E-state index is -1.05. The highest BCUT2D eigenvalue weighted by Gasteiger charge is 2.39. The van der Waals surface area contributed by atoms with Gasteiger partial charge in [0.25, 0.3) is 0 Å². The number of amides is 1. The Kier molecular flexibility index (Phi) is 4.38. The van der Waals surface area contributed by atoms with Crippen LogP contribution in [0.5, 0.6) is 0 Å². The summed E-state index contributed by atoms with van der Waals surface area (Å²) in [6.07, 6.45) is 1.10. The van der Waals surface area contributed by atoms with Gasteiger partial charge in [-0.1, -0.05) is 0 Å². The van der Waals surface area contributed by atoms with Crippen LogP contribution in [-0.4, -0.2) is 76.3 Å². The molecule has 0 unspecified atom stereocenters. The van der Waals surface area contributed by atoms with Crippen LogP contribution in [0.2, 0.25) is 0 Å². The standard InChI is InChI=1S/C12H21N3O4/c13-8-1-3-14(4-2-8)7-11(17)15-6-9(16)5-10(15)12(18)19/h8-10,16H,1-7,13H2,(H,18,19)/t9-,10-/m0/s1. The molecule has 2 atom stereocenters. The third kappa shape index (κ3) is 3.43. The molecule has 2 aliphatic heterocycles. The van der Waals surface area contributed by atoms with Crippen LogP contribution in [0.25, 0.3) is 0 Å². The van der Waals surface area contributed by atoms with Gasteiger partial charge in [-0.3, -0.25) is 9.69 Å². The molecule has 19 heavy (non-hydrogen) atoms. The first kappa shape index (κ1) is 14.2. The lowest BCUT2D eigenvalue weighted by atomic mass is 10.1. The first-order chi connectivity index (χ1) is 8.97. The summed E-state index contributed by atoms with van der Waals surface area (Å²) in [5.41, 5.74) is 5.80. The molecule has 2 fully saturated rings. The maximum Gasteiger partial charge on any atom is 0.326 e. The highest BCUT2D eigenvalue weighted by Crippen LogP contribution is 2.19. The summed E-state index contributed by atoms with van der Waals surface area (Å²) < 4.78 is 0. The third-order valence-corrected chi connectivity index (χ3v) is 3.88. The second-order valence-corrected chi connectivity index (χ2v) is 5.40. The molecule has 0 radical (unpaired) electrons. The van der Waals surface area contributed by atoms with Crippen molar-refractivity contribution in [2.75, 3.05) is 26.2 Å². The van der Waals surface area contributed by atoms with E-state index in [-0.39, 0.29) is 31.5 Å². The summed E-state index contributed by atoms with van der Waals surface area (Å²) in [7, 11) is 0. The van der Waals surface area contributed by atoms with E-state index in [1.54, 1.807) is 0 Å². The molecule has 7 heteroatoms. The molecule has 2 heterocycles. The van der Waals surface area contributed by atoms with Crippen molar-refractivity contribution in [3.63, 3.8) is 0 Å². The SMILES string of the molecule is NC1CCN(CC(=O)N2C[C@@H](O)C[C@H]2C(=O)O)CC1. The van der Waals surface area contributed by atoms with Crippen molar-refractivity contribution in [1.82, 2.24) is 9.80 Å². The van der Waals surface area contributed by atoms with E-state index in [0.717, 1.165) is 25.9 Å². The molecule has 7 nitrogen and oxygen atoms in total. The highest BCUT2D eigenvalue weighted by molar-refractivity contribution is 5.85. The minimum Gasteiger partial charge on any atom is -0.480 e. The molecule has 2 saturated heterocycles. The van der Waals surface area contributed by atoms with Crippen LogP contribution in [0.3, 0.4) is 0 Å². The van der Waals surface area contributed by atoms with E-state index in [9.17, 15) is 14.7 Å². The van der Waals surface area contributed by atoms with E-state index in [1.165, 1.54) is 4.90 Å². The van der Waals surface area contributed by atoms with Crippen LogP contribution < -0.4 is 5.73 Å². The summed E-state index contributed by atoms with van der Waals surface area (Å²) in [5, 5.41) is 18.6. The van der Waals surface area contributed by atoms with Gasteiger partial charge in [0.2, 0.25) is 5.91 Å². The van der Waals surface area contributed by atoms with E-state index in [4.69, 9.17) is 10.8 Å². The van der Waals surface area contributed by atoms with Crippen molar-refractivity contribution in [2.24, 2.45) is 5.73 Å². The van der Waals surface area contributed by atoms with Gasteiger partial charge in [-0.15, -0.1) is 0 Å². The lowest BCUT2D eigenvalue weighted by molar-refractivity contribution is -0.148. The minimum absolute atomic E-state index is 0.114. The monoisotopic (exact) mass is 271 g/mol. The number of aliphatic hydroxyl groups is 1. The molecule has 1 amide bonds. The van der Waals surface area contributed by atoms with Crippen molar-refractivity contribution >= 4 is 11.9 Å². The van der Waals surface area contributed by atoms with Crippen LogP contribution in [0.1, 0.15) is 19.3 Å². The predicted octanol–water partition coefficient (Wildman–Crippen LogP) is -1.54. The highest BCUT2D eigenvalue weighted by atomic mass is 16.4. The Morgan fingerprint density at radius 2 is 1.89 bits per heavy atom. The Balaban J connectivity index is 1.90. The molecule has 2 aliphatic rings. The number of carbonyl (C=O) groups is 2. The van der Waals surface area contributed by atoms with Crippen molar-refractivity contribution in [3.05, 3.63) is 0 Å². The normalized spacial score (nSPS) is 29.7. The van der Waals surface area contributed by atoms with E-state index in [1.807, 2.05) is 4.90 Å². The molecule has 0 aromatic heterocycles. The van der Waals surface area contributed by atoms with Crippen molar-refractivity contribution in [1.29, 1.82) is 0 Å². The smallest absolute Gasteiger partial charge is 0.326 e. The second-order valence-electron chi connectivity index (χ2n) is 5.40. The van der Waals surface area contributed by atoms with Crippen molar-refractivity contribution in [2.45, 2.75) is 37.5 Å². The molecule has 0 aromatic rings. The summed E-state index contributed by atoms with van der Waals surface area (Å²) in [6, 6.07) is -0.693. The van der Waals surface area contributed by atoms with Crippen LogP contribution in [0, 0.1) is 0 Å². The fourth-order valence-electron chi connectivity index (χ4n) is 2.72. The molecule has 0 bridgehead atoms. The number of carbonyl (C=O) groups excluding carboxylic acids is 1. The number of rotatable bonds is 3. The molecular formula is C12H21N3O4. The van der Waals surface area contributed by atoms with Crippen LogP contribution in [0.15, 0.2) is 0 Å². The number of hydrogen-bond acceptors (Lipinski definition) is 5. The summed E-state index contributed by atoms with van der Waals surface area (Å²) in [4.78, 5) is 26.5. The predicted molar refractivity (Wildman–Crippen MR) is 67.4 cm³/mol. The Morgan fingerprint density at radius 1 is 1.26 bits per heavy atom. The van der Waals surface area contributed by atoms with Gasteiger partial charge in [-0.05, 0) is 12.8 Å². The molecule has 0 spiro atoms. The summed E-state index contributed by atoms with van der Waals surface area (Å²) in [6.45, 7) is 1.86. The van der Waals surface area contributed by atoms with E-state index >= 15 is 0 Å². The fourth-order valence-corrected chi connectivity index (χ4v) is 2.72. The zero-order chi connectivity index (χ0) is 14.0. The van der Waals surface area contributed by atoms with Gasteiger partial charge in [0.15, 0.2) is 0 Å². The van der Waals surface area contributed by atoms with Crippen LogP contribution in [0.4, 0.5) is 0 Å². The number of carboxylic acid groups (broad SMARTS) is 1. The largest absolute Gasteiger partial charge is 0.480 e. The number of likely N-dealkylation sites (tertiary alicyclic amines) is 2. The average molecular weight is 271 g/mol. The maximum atomic E-state index is 12.1. The lowest BCUT2D eigenvalue weighted by Gasteiger charge is -2.31. The molecule has 0 aromatic carbocycles. The lowest BCUT2D eigenvalue weighted by Crippen LogP contribution is -2.48. The Hall–Kier alpha value is -1.18. The Bertz CT molecular complexity index is 355. The van der Waals surface area contributed by atoms with Crippen molar-refractivity contribution < 1.29 is 19.8 Å². The first-order valence-electron chi connectivity index (χ1n) is 6.65. The summed E-state index contributed by atoms with van der Waals surface area (Å²) >= 11 is 0. The number of piperidine rings is 1. The molecule has 0 saturated carbocycles. The van der Waals surface area contributed by atoms with E-state index in [0.29, 0.717) is 0 Å². The quantitative estimate of drug-likeness (QED) is 0.574. The molecule has 0 aliphatic carbocycles. The van der Waals surface area contributed by atoms with Gasteiger partial charge in [-0.25, -0.2) is 4.79 Å². The third-order valence-electron chi connectivity index (χ3n) is 3.88. The van der Waals surface area contributed by atoms with E-state index in [2.05, 4.69) is 0 Å². The number of aliphatic hydroxyl groups excluding tert-OH is 1. The summed E-state index contributed by atoms with van der Waals surface area (Å²) in [5.74, 6) is -1.27. The van der Waals surface area contributed by atoms with Gasteiger partial charge in [-0.2, -0.15) is 0 Å². The Labute approximate surface area is 112 Å². The number of nitrogens with two attached hydrogens (primary N) is 1. The van der Waals surface area contributed by atoms with Gasteiger partial charge in [0.1, 0.15) is 6.04 Å². The van der Waals surface area contributed by atoms with Crippen molar-refractivity contribution in [3.8, 4) is 0 Å². The number of hydrogen-bond donors (Lipinski definition) is 3.